The zero-order valence-corrected chi connectivity index (χ0v) is 16.4. The van der Waals surface area contributed by atoms with Gasteiger partial charge < -0.3 is 9.47 Å². The number of carbonyl (C=O) groups is 1. The molecular formula is C22H26F3N3O. The minimum atomic E-state index is -4.33. The van der Waals surface area contributed by atoms with E-state index in [0.29, 0.717) is 19.0 Å². The van der Waals surface area contributed by atoms with Gasteiger partial charge in [0.15, 0.2) is 0 Å². The summed E-state index contributed by atoms with van der Waals surface area (Å²) in [7, 11) is 0. The van der Waals surface area contributed by atoms with Crippen molar-refractivity contribution in [1.29, 1.82) is 0 Å². The van der Waals surface area contributed by atoms with E-state index in [-0.39, 0.29) is 11.8 Å². The Hall–Kier alpha value is -2.31. The van der Waals surface area contributed by atoms with Crippen molar-refractivity contribution in [1.82, 2.24) is 14.5 Å². The van der Waals surface area contributed by atoms with E-state index in [0.717, 1.165) is 55.7 Å². The first kappa shape index (κ1) is 20.0. The second kappa shape index (κ2) is 8.20. The maximum Gasteiger partial charge on any atom is 0.416 e. The summed E-state index contributed by atoms with van der Waals surface area (Å²) in [4.78, 5) is 19.4. The first-order valence-electron chi connectivity index (χ1n) is 10.3. The molecule has 4 rings (SSSR count). The van der Waals surface area contributed by atoms with Crippen molar-refractivity contribution in [2.75, 3.05) is 6.54 Å². The van der Waals surface area contributed by atoms with Gasteiger partial charge in [-0.25, -0.2) is 4.98 Å². The Morgan fingerprint density at radius 1 is 1.10 bits per heavy atom. The maximum atomic E-state index is 13.0. The SMILES string of the molecule is O=C(C1CCCC1)N(Cc1nccn1Cc1ccc(C(F)(F)F)cc1)CC1CC1. The Bertz CT molecular complexity index is 834. The average molecular weight is 405 g/mol. The predicted molar refractivity (Wildman–Crippen MR) is 103 cm³/mol. The van der Waals surface area contributed by atoms with Crippen LogP contribution in [0.4, 0.5) is 13.2 Å². The van der Waals surface area contributed by atoms with Crippen molar-refractivity contribution in [3.8, 4) is 0 Å². The molecule has 156 valence electrons. The summed E-state index contributed by atoms with van der Waals surface area (Å²) in [6.45, 7) is 1.67. The van der Waals surface area contributed by atoms with Crippen LogP contribution in [0.15, 0.2) is 36.7 Å². The van der Waals surface area contributed by atoms with Gasteiger partial charge >= 0.3 is 6.18 Å². The van der Waals surface area contributed by atoms with Gasteiger partial charge in [0, 0.05) is 31.4 Å². The van der Waals surface area contributed by atoms with Crippen molar-refractivity contribution in [2.45, 2.75) is 57.8 Å². The summed E-state index contributed by atoms with van der Waals surface area (Å²) in [5.74, 6) is 1.74. The number of nitrogens with zero attached hydrogens (tertiary/aromatic N) is 3. The lowest BCUT2D eigenvalue weighted by Gasteiger charge is -2.26. The third kappa shape index (κ3) is 5.00. The smallest absolute Gasteiger partial charge is 0.335 e. The number of imidazole rings is 1. The van der Waals surface area contributed by atoms with Crippen molar-refractivity contribution in [2.24, 2.45) is 11.8 Å². The summed E-state index contributed by atoms with van der Waals surface area (Å²) in [5, 5.41) is 0. The molecule has 7 heteroatoms. The molecule has 2 fully saturated rings. The van der Waals surface area contributed by atoms with E-state index < -0.39 is 11.7 Å². The highest BCUT2D eigenvalue weighted by Gasteiger charge is 2.32. The van der Waals surface area contributed by atoms with Crippen LogP contribution in [0.25, 0.3) is 0 Å². The van der Waals surface area contributed by atoms with Crippen molar-refractivity contribution < 1.29 is 18.0 Å². The van der Waals surface area contributed by atoms with Crippen LogP contribution in [0.5, 0.6) is 0 Å². The molecular weight excluding hydrogens is 379 g/mol. The van der Waals surface area contributed by atoms with Gasteiger partial charge in [-0.3, -0.25) is 4.79 Å². The molecule has 1 amide bonds. The number of halogens is 3. The molecule has 1 aromatic heterocycles. The summed E-state index contributed by atoms with van der Waals surface area (Å²) in [5.41, 5.74) is 0.123. The monoisotopic (exact) mass is 405 g/mol. The number of amides is 1. The fourth-order valence-corrected chi connectivity index (χ4v) is 4.08. The summed E-state index contributed by atoms with van der Waals surface area (Å²) >= 11 is 0. The molecule has 0 atom stereocenters. The van der Waals surface area contributed by atoms with Crippen LogP contribution in [0.2, 0.25) is 0 Å². The Labute approximate surface area is 168 Å². The largest absolute Gasteiger partial charge is 0.416 e. The van der Waals surface area contributed by atoms with E-state index in [1.165, 1.54) is 25.0 Å². The number of aromatic nitrogens is 2. The predicted octanol–water partition coefficient (Wildman–Crippen LogP) is 4.88. The Kier molecular flexibility index (Phi) is 5.65. The van der Waals surface area contributed by atoms with Crippen LogP contribution < -0.4 is 0 Å². The zero-order chi connectivity index (χ0) is 20.4. The molecule has 2 aliphatic carbocycles. The molecule has 0 spiro atoms. The number of benzene rings is 1. The molecule has 0 aliphatic heterocycles. The lowest BCUT2D eigenvalue weighted by molar-refractivity contribution is -0.138. The number of alkyl halides is 3. The third-order valence-electron chi connectivity index (χ3n) is 5.96. The van der Waals surface area contributed by atoms with Crippen molar-refractivity contribution in [3.63, 3.8) is 0 Å². The number of hydrogen-bond donors (Lipinski definition) is 0. The molecule has 2 saturated carbocycles. The molecule has 1 aromatic carbocycles. The lowest BCUT2D eigenvalue weighted by atomic mass is 10.1. The van der Waals surface area contributed by atoms with Crippen LogP contribution >= 0.6 is 0 Å². The molecule has 0 radical (unpaired) electrons. The minimum absolute atomic E-state index is 0.132. The van der Waals surface area contributed by atoms with E-state index in [1.54, 1.807) is 6.20 Å². The fraction of sp³-hybridized carbons (Fsp3) is 0.545. The van der Waals surface area contributed by atoms with Gasteiger partial charge in [-0.2, -0.15) is 13.2 Å². The van der Waals surface area contributed by atoms with Gasteiger partial charge in [0.1, 0.15) is 5.82 Å². The minimum Gasteiger partial charge on any atom is -0.335 e. The van der Waals surface area contributed by atoms with Crippen LogP contribution in [0.3, 0.4) is 0 Å². The van der Waals surface area contributed by atoms with Crippen molar-refractivity contribution in [3.05, 3.63) is 53.6 Å². The lowest BCUT2D eigenvalue weighted by Crippen LogP contribution is -2.37. The highest BCUT2D eigenvalue weighted by atomic mass is 19.4. The second-order valence-electron chi connectivity index (χ2n) is 8.31. The summed E-state index contributed by atoms with van der Waals surface area (Å²) in [6.07, 6.45) is 5.72. The standard InChI is InChI=1S/C22H26F3N3O/c23-22(24,25)19-9-7-17(8-10-19)13-27-12-11-26-20(27)15-28(14-16-5-6-16)21(29)18-3-1-2-4-18/h7-12,16,18H,1-6,13-15H2. The van der Waals surface area contributed by atoms with Crippen LogP contribution in [0.1, 0.15) is 55.5 Å². The fourth-order valence-electron chi connectivity index (χ4n) is 4.08. The third-order valence-corrected chi connectivity index (χ3v) is 5.96. The highest BCUT2D eigenvalue weighted by Crippen LogP contribution is 2.33. The van der Waals surface area contributed by atoms with Gasteiger partial charge in [-0.05, 0) is 49.3 Å². The average Bonchev–Trinajstić information content (AvgIpc) is 3.15. The van der Waals surface area contributed by atoms with Gasteiger partial charge in [-0.1, -0.05) is 25.0 Å². The maximum absolute atomic E-state index is 13.0. The first-order chi connectivity index (χ1) is 13.9. The molecule has 0 N–H and O–H groups in total. The van der Waals surface area contributed by atoms with E-state index in [4.69, 9.17) is 0 Å². The van der Waals surface area contributed by atoms with Gasteiger partial charge in [-0.15, -0.1) is 0 Å². The van der Waals surface area contributed by atoms with Crippen LogP contribution in [-0.2, 0) is 24.1 Å². The van der Waals surface area contributed by atoms with E-state index in [2.05, 4.69) is 4.98 Å². The van der Waals surface area contributed by atoms with Gasteiger partial charge in [0.05, 0.1) is 12.1 Å². The normalized spacial score (nSPS) is 17.6. The molecule has 2 aliphatic rings. The van der Waals surface area contributed by atoms with E-state index in [1.807, 2.05) is 15.7 Å². The van der Waals surface area contributed by atoms with Gasteiger partial charge in [0.25, 0.3) is 0 Å². The number of rotatable bonds is 7. The number of carbonyl (C=O) groups excluding carboxylic acids is 1. The zero-order valence-electron chi connectivity index (χ0n) is 16.4. The Morgan fingerprint density at radius 2 is 1.79 bits per heavy atom. The molecule has 0 saturated heterocycles. The highest BCUT2D eigenvalue weighted by molar-refractivity contribution is 5.79. The van der Waals surface area contributed by atoms with E-state index >= 15 is 0 Å². The Balaban J connectivity index is 1.46. The van der Waals surface area contributed by atoms with E-state index in [9.17, 15) is 18.0 Å². The molecule has 0 unspecified atom stereocenters. The van der Waals surface area contributed by atoms with Crippen LogP contribution in [0, 0.1) is 11.8 Å². The molecule has 29 heavy (non-hydrogen) atoms. The molecule has 2 aromatic rings. The first-order valence-corrected chi connectivity index (χ1v) is 10.3. The van der Waals surface area contributed by atoms with Crippen LogP contribution in [-0.4, -0.2) is 26.9 Å². The molecule has 4 nitrogen and oxygen atoms in total. The Morgan fingerprint density at radius 3 is 2.41 bits per heavy atom. The molecule has 1 heterocycles. The summed E-state index contributed by atoms with van der Waals surface area (Å²) < 4.78 is 40.2. The summed E-state index contributed by atoms with van der Waals surface area (Å²) in [6, 6.07) is 5.21. The second-order valence-corrected chi connectivity index (χ2v) is 8.31. The van der Waals surface area contributed by atoms with Gasteiger partial charge in [0.2, 0.25) is 5.91 Å². The molecule has 0 bridgehead atoms. The topological polar surface area (TPSA) is 38.1 Å². The quantitative estimate of drug-likeness (QED) is 0.659. The number of hydrogen-bond acceptors (Lipinski definition) is 2. The van der Waals surface area contributed by atoms with Crippen molar-refractivity contribution >= 4 is 5.91 Å².